The lowest BCUT2D eigenvalue weighted by atomic mass is 10.0. The van der Waals surface area contributed by atoms with Crippen LogP contribution < -0.4 is 5.32 Å². The maximum atomic E-state index is 10.7. The largest absolute Gasteiger partial charge is 0.481 e. The molecule has 0 bridgehead atoms. The maximum Gasteiger partial charge on any atom is 0.321 e. The van der Waals surface area contributed by atoms with Crippen molar-refractivity contribution in [2.24, 2.45) is 5.92 Å². The summed E-state index contributed by atoms with van der Waals surface area (Å²) in [6, 6.07) is -1.00. The van der Waals surface area contributed by atoms with Gasteiger partial charge in [-0.1, -0.05) is 13.3 Å². The van der Waals surface area contributed by atoms with Crippen molar-refractivity contribution in [3.63, 3.8) is 0 Å². The summed E-state index contributed by atoms with van der Waals surface area (Å²) in [6.07, 6.45) is 1.79. The van der Waals surface area contributed by atoms with Crippen LogP contribution in [0.4, 0.5) is 0 Å². The van der Waals surface area contributed by atoms with Crippen molar-refractivity contribution in [1.82, 2.24) is 5.32 Å². The highest BCUT2D eigenvalue weighted by Crippen LogP contribution is 2.03. The Morgan fingerprint density at radius 1 is 1.29 bits per heavy atom. The molecule has 0 fully saturated rings. The zero-order valence-electron chi connectivity index (χ0n) is 8.49. The van der Waals surface area contributed by atoms with Crippen molar-refractivity contribution >= 4 is 11.9 Å². The van der Waals surface area contributed by atoms with Crippen molar-refractivity contribution in [3.8, 4) is 0 Å². The number of rotatable bonds is 7. The molecule has 82 valence electrons. The molecular weight excluding hydrogens is 186 g/mol. The molecule has 0 saturated heterocycles. The van der Waals surface area contributed by atoms with E-state index in [4.69, 9.17) is 10.2 Å². The fourth-order valence-corrected chi connectivity index (χ4v) is 1.05. The second-order valence-corrected chi connectivity index (χ2v) is 3.25. The molecule has 0 radical (unpaired) electrons. The van der Waals surface area contributed by atoms with E-state index in [1.165, 1.54) is 6.92 Å². The molecule has 0 rings (SSSR count). The molecule has 14 heavy (non-hydrogen) atoms. The molecule has 2 unspecified atom stereocenters. The van der Waals surface area contributed by atoms with Crippen LogP contribution in [0.25, 0.3) is 0 Å². The molecule has 0 aromatic rings. The Morgan fingerprint density at radius 3 is 2.21 bits per heavy atom. The van der Waals surface area contributed by atoms with Crippen LogP contribution in [0.1, 0.15) is 26.7 Å². The maximum absolute atomic E-state index is 10.7. The van der Waals surface area contributed by atoms with Crippen LogP contribution in [0, 0.1) is 5.92 Å². The SMILES string of the molecule is CCCCNC(C(=O)O)C(C)C(=O)O. The lowest BCUT2D eigenvalue weighted by Gasteiger charge is -2.17. The van der Waals surface area contributed by atoms with Crippen LogP contribution in [0.3, 0.4) is 0 Å². The van der Waals surface area contributed by atoms with Gasteiger partial charge < -0.3 is 15.5 Å². The van der Waals surface area contributed by atoms with E-state index in [1.807, 2.05) is 6.92 Å². The van der Waals surface area contributed by atoms with Gasteiger partial charge in [0.1, 0.15) is 6.04 Å². The number of aliphatic carboxylic acids is 2. The summed E-state index contributed by atoms with van der Waals surface area (Å²) in [4.78, 5) is 21.3. The highest BCUT2D eigenvalue weighted by atomic mass is 16.4. The van der Waals surface area contributed by atoms with Crippen LogP contribution in [0.2, 0.25) is 0 Å². The zero-order chi connectivity index (χ0) is 11.1. The molecule has 5 heteroatoms. The van der Waals surface area contributed by atoms with Crippen LogP contribution in [0.5, 0.6) is 0 Å². The Hall–Kier alpha value is -1.10. The molecule has 0 amide bonds. The molecule has 0 heterocycles. The molecule has 0 aliphatic rings. The zero-order valence-corrected chi connectivity index (χ0v) is 8.49. The predicted octanol–water partition coefficient (Wildman–Crippen LogP) is 0.550. The Kier molecular flexibility index (Phi) is 5.87. The third-order valence-electron chi connectivity index (χ3n) is 2.05. The van der Waals surface area contributed by atoms with Gasteiger partial charge >= 0.3 is 11.9 Å². The minimum Gasteiger partial charge on any atom is -0.481 e. The summed E-state index contributed by atoms with van der Waals surface area (Å²) in [7, 11) is 0. The first-order chi connectivity index (χ1) is 6.50. The normalized spacial score (nSPS) is 14.7. The van der Waals surface area contributed by atoms with E-state index in [0.717, 1.165) is 12.8 Å². The summed E-state index contributed by atoms with van der Waals surface area (Å²) in [5.74, 6) is -3.12. The van der Waals surface area contributed by atoms with Gasteiger partial charge in [0.2, 0.25) is 0 Å². The van der Waals surface area contributed by atoms with E-state index in [1.54, 1.807) is 0 Å². The van der Waals surface area contributed by atoms with Gasteiger partial charge in [0.15, 0.2) is 0 Å². The molecule has 0 spiro atoms. The van der Waals surface area contributed by atoms with Gasteiger partial charge in [-0.3, -0.25) is 9.59 Å². The van der Waals surface area contributed by atoms with E-state index in [9.17, 15) is 9.59 Å². The van der Waals surface area contributed by atoms with Crippen molar-refractivity contribution in [3.05, 3.63) is 0 Å². The molecule has 2 atom stereocenters. The van der Waals surface area contributed by atoms with E-state index >= 15 is 0 Å². The third kappa shape index (κ3) is 4.23. The van der Waals surface area contributed by atoms with Gasteiger partial charge in [-0.05, 0) is 19.9 Å². The van der Waals surface area contributed by atoms with Gasteiger partial charge in [0, 0.05) is 0 Å². The Labute approximate surface area is 83.1 Å². The average molecular weight is 203 g/mol. The summed E-state index contributed by atoms with van der Waals surface area (Å²) < 4.78 is 0. The Balaban J connectivity index is 4.15. The molecule has 0 saturated carbocycles. The molecular formula is C9H17NO4. The monoisotopic (exact) mass is 203 g/mol. The van der Waals surface area contributed by atoms with Gasteiger partial charge in [-0.25, -0.2) is 0 Å². The number of nitrogens with one attached hydrogen (secondary N) is 1. The van der Waals surface area contributed by atoms with E-state index in [2.05, 4.69) is 5.32 Å². The molecule has 0 aromatic heterocycles. The summed E-state index contributed by atoms with van der Waals surface area (Å²) in [6.45, 7) is 3.91. The van der Waals surface area contributed by atoms with Crippen molar-refractivity contribution in [2.75, 3.05) is 6.54 Å². The third-order valence-corrected chi connectivity index (χ3v) is 2.05. The van der Waals surface area contributed by atoms with Crippen LogP contribution in [0.15, 0.2) is 0 Å². The van der Waals surface area contributed by atoms with Crippen LogP contribution >= 0.6 is 0 Å². The summed E-state index contributed by atoms with van der Waals surface area (Å²) in [5.41, 5.74) is 0. The van der Waals surface area contributed by atoms with E-state index < -0.39 is 23.9 Å². The molecule has 5 nitrogen and oxygen atoms in total. The van der Waals surface area contributed by atoms with Gasteiger partial charge in [-0.15, -0.1) is 0 Å². The fourth-order valence-electron chi connectivity index (χ4n) is 1.05. The highest BCUT2D eigenvalue weighted by molar-refractivity contribution is 5.82. The predicted molar refractivity (Wildman–Crippen MR) is 51.1 cm³/mol. The first kappa shape index (κ1) is 12.9. The van der Waals surface area contributed by atoms with Gasteiger partial charge in [0.25, 0.3) is 0 Å². The average Bonchev–Trinajstić information content (AvgIpc) is 2.10. The molecule has 0 aliphatic carbocycles. The topological polar surface area (TPSA) is 86.6 Å². The van der Waals surface area contributed by atoms with Crippen molar-refractivity contribution in [1.29, 1.82) is 0 Å². The Bertz CT molecular complexity index is 205. The lowest BCUT2D eigenvalue weighted by molar-refractivity contribution is -0.150. The molecule has 0 aliphatic heterocycles. The smallest absolute Gasteiger partial charge is 0.321 e. The first-order valence-corrected chi connectivity index (χ1v) is 4.69. The van der Waals surface area contributed by atoms with Gasteiger partial charge in [-0.2, -0.15) is 0 Å². The number of hydrogen-bond acceptors (Lipinski definition) is 3. The second-order valence-electron chi connectivity index (χ2n) is 3.25. The molecule has 0 aromatic carbocycles. The van der Waals surface area contributed by atoms with Crippen molar-refractivity contribution in [2.45, 2.75) is 32.7 Å². The highest BCUT2D eigenvalue weighted by Gasteiger charge is 2.28. The Morgan fingerprint density at radius 2 is 1.86 bits per heavy atom. The number of carboxylic acid groups (broad SMARTS) is 2. The number of hydrogen-bond donors (Lipinski definition) is 3. The number of carboxylic acids is 2. The van der Waals surface area contributed by atoms with Crippen LogP contribution in [-0.4, -0.2) is 34.7 Å². The number of unbranched alkanes of at least 4 members (excludes halogenated alkanes) is 1. The first-order valence-electron chi connectivity index (χ1n) is 4.69. The minimum absolute atomic E-state index is 0.533. The second kappa shape index (κ2) is 6.37. The quantitative estimate of drug-likeness (QED) is 0.526. The number of carbonyl (C=O) groups is 2. The van der Waals surface area contributed by atoms with Gasteiger partial charge in [0.05, 0.1) is 5.92 Å². The summed E-state index contributed by atoms with van der Waals surface area (Å²) >= 11 is 0. The van der Waals surface area contributed by atoms with Crippen LogP contribution in [-0.2, 0) is 9.59 Å². The minimum atomic E-state index is -1.11. The standard InChI is InChI=1S/C9H17NO4/c1-3-4-5-10-7(9(13)14)6(2)8(11)12/h6-7,10H,3-5H2,1-2H3,(H,11,12)(H,13,14). The van der Waals surface area contributed by atoms with Crippen molar-refractivity contribution < 1.29 is 19.8 Å². The van der Waals surface area contributed by atoms with E-state index in [-0.39, 0.29) is 0 Å². The fraction of sp³-hybridized carbons (Fsp3) is 0.778. The molecule has 3 N–H and O–H groups in total. The van der Waals surface area contributed by atoms with E-state index in [0.29, 0.717) is 6.54 Å². The lowest BCUT2D eigenvalue weighted by Crippen LogP contribution is -2.45. The summed E-state index contributed by atoms with van der Waals surface area (Å²) in [5, 5.41) is 20.1.